The SMILES string of the molecule is O=Cc1ccc(\C=C/C=C/C=C/c2ccccc2)cc1. The largest absolute Gasteiger partial charge is 0.298 e. The Hall–Kier alpha value is -2.67. The molecular weight excluding hydrogens is 244 g/mol. The number of hydrogen-bond acceptors (Lipinski definition) is 1. The lowest BCUT2D eigenvalue weighted by Crippen LogP contribution is -1.78. The van der Waals surface area contributed by atoms with Crippen molar-refractivity contribution in [2.75, 3.05) is 0 Å². The van der Waals surface area contributed by atoms with Gasteiger partial charge in [0.25, 0.3) is 0 Å². The minimum absolute atomic E-state index is 0.698. The molecular formula is C19H16O. The van der Waals surface area contributed by atoms with Crippen LogP contribution < -0.4 is 0 Å². The molecule has 0 aromatic heterocycles. The summed E-state index contributed by atoms with van der Waals surface area (Å²) in [5.41, 5.74) is 2.96. The quantitative estimate of drug-likeness (QED) is 0.558. The van der Waals surface area contributed by atoms with Crippen molar-refractivity contribution in [1.29, 1.82) is 0 Å². The second kappa shape index (κ2) is 7.70. The minimum Gasteiger partial charge on any atom is -0.298 e. The molecule has 2 aromatic carbocycles. The Bertz CT molecular complexity index is 617. The third-order valence-electron chi connectivity index (χ3n) is 2.78. The van der Waals surface area contributed by atoms with Crippen molar-refractivity contribution in [3.05, 3.63) is 95.6 Å². The summed E-state index contributed by atoms with van der Waals surface area (Å²) >= 11 is 0. The van der Waals surface area contributed by atoms with Crippen LogP contribution in [0.15, 0.2) is 78.9 Å². The van der Waals surface area contributed by atoms with Crippen molar-refractivity contribution < 1.29 is 4.79 Å². The van der Waals surface area contributed by atoms with E-state index in [1.807, 2.05) is 72.8 Å². The normalized spacial score (nSPS) is 11.6. The number of aldehydes is 1. The first-order valence-electron chi connectivity index (χ1n) is 6.50. The minimum atomic E-state index is 0.698. The van der Waals surface area contributed by atoms with Gasteiger partial charge < -0.3 is 0 Å². The molecule has 0 N–H and O–H groups in total. The van der Waals surface area contributed by atoms with Crippen molar-refractivity contribution in [3.8, 4) is 0 Å². The van der Waals surface area contributed by atoms with E-state index in [1.165, 1.54) is 5.56 Å². The molecule has 98 valence electrons. The van der Waals surface area contributed by atoms with E-state index in [-0.39, 0.29) is 0 Å². The Morgan fingerprint density at radius 2 is 1.05 bits per heavy atom. The third-order valence-corrected chi connectivity index (χ3v) is 2.78. The van der Waals surface area contributed by atoms with Crippen LogP contribution in [0.2, 0.25) is 0 Å². The molecule has 0 heterocycles. The summed E-state index contributed by atoms with van der Waals surface area (Å²) in [4.78, 5) is 10.5. The summed E-state index contributed by atoms with van der Waals surface area (Å²) in [5, 5.41) is 0. The van der Waals surface area contributed by atoms with Crippen LogP contribution in [0, 0.1) is 0 Å². The van der Waals surface area contributed by atoms with Gasteiger partial charge in [0.05, 0.1) is 0 Å². The number of hydrogen-bond donors (Lipinski definition) is 0. The zero-order chi connectivity index (χ0) is 14.0. The van der Waals surface area contributed by atoms with Gasteiger partial charge in [-0.25, -0.2) is 0 Å². The summed E-state index contributed by atoms with van der Waals surface area (Å²) in [5.74, 6) is 0. The predicted octanol–water partition coefficient (Wildman–Crippen LogP) is 4.78. The Balaban J connectivity index is 1.87. The van der Waals surface area contributed by atoms with E-state index in [0.29, 0.717) is 5.56 Å². The van der Waals surface area contributed by atoms with Gasteiger partial charge >= 0.3 is 0 Å². The number of carbonyl (C=O) groups is 1. The van der Waals surface area contributed by atoms with Gasteiger partial charge in [-0.15, -0.1) is 0 Å². The van der Waals surface area contributed by atoms with Crippen LogP contribution in [-0.2, 0) is 0 Å². The molecule has 0 spiro atoms. The number of rotatable bonds is 5. The van der Waals surface area contributed by atoms with E-state index in [1.54, 1.807) is 0 Å². The van der Waals surface area contributed by atoms with Gasteiger partial charge in [-0.1, -0.05) is 91.1 Å². The highest BCUT2D eigenvalue weighted by Crippen LogP contribution is 2.05. The van der Waals surface area contributed by atoms with Crippen molar-refractivity contribution in [2.45, 2.75) is 0 Å². The molecule has 0 aliphatic carbocycles. The zero-order valence-corrected chi connectivity index (χ0v) is 11.1. The molecule has 0 aliphatic rings. The van der Waals surface area contributed by atoms with Crippen LogP contribution in [0.1, 0.15) is 21.5 Å². The first-order chi connectivity index (χ1) is 9.88. The third kappa shape index (κ3) is 4.54. The molecule has 0 unspecified atom stereocenters. The van der Waals surface area contributed by atoms with Crippen LogP contribution in [-0.4, -0.2) is 6.29 Å². The summed E-state index contributed by atoms with van der Waals surface area (Å²) in [6, 6.07) is 17.6. The monoisotopic (exact) mass is 260 g/mol. The highest BCUT2D eigenvalue weighted by Gasteiger charge is 1.88. The van der Waals surface area contributed by atoms with Gasteiger partial charge in [-0.2, -0.15) is 0 Å². The molecule has 0 atom stereocenters. The molecule has 0 bridgehead atoms. The van der Waals surface area contributed by atoms with Gasteiger partial charge in [-0.05, 0) is 11.1 Å². The molecule has 1 heteroatoms. The van der Waals surface area contributed by atoms with Crippen LogP contribution in [0.4, 0.5) is 0 Å². The van der Waals surface area contributed by atoms with Gasteiger partial charge in [0, 0.05) is 5.56 Å². The molecule has 0 saturated carbocycles. The molecule has 0 aliphatic heterocycles. The Morgan fingerprint density at radius 3 is 1.60 bits per heavy atom. The summed E-state index contributed by atoms with van der Waals surface area (Å²) in [7, 11) is 0. The number of carbonyl (C=O) groups excluding carboxylic acids is 1. The molecule has 0 fully saturated rings. The summed E-state index contributed by atoms with van der Waals surface area (Å²) in [6.45, 7) is 0. The predicted molar refractivity (Wildman–Crippen MR) is 85.5 cm³/mol. The maximum absolute atomic E-state index is 10.5. The van der Waals surface area contributed by atoms with Crippen LogP contribution in [0.5, 0.6) is 0 Å². The lowest BCUT2D eigenvalue weighted by Gasteiger charge is -1.92. The van der Waals surface area contributed by atoms with Gasteiger partial charge in [0.1, 0.15) is 6.29 Å². The fraction of sp³-hybridized carbons (Fsp3) is 0. The van der Waals surface area contributed by atoms with Crippen LogP contribution in [0.3, 0.4) is 0 Å². The fourth-order valence-corrected chi connectivity index (χ4v) is 1.71. The van der Waals surface area contributed by atoms with E-state index in [0.717, 1.165) is 11.8 Å². The van der Waals surface area contributed by atoms with Crippen molar-refractivity contribution >= 4 is 18.4 Å². The standard InChI is InChI=1S/C19H16O/c20-16-19-14-12-18(13-15-19)11-5-2-1-4-8-17-9-6-3-7-10-17/h1-16H/b2-1+,8-4+,11-5-. The Morgan fingerprint density at radius 1 is 0.550 bits per heavy atom. The molecule has 1 nitrogen and oxygen atoms in total. The van der Waals surface area contributed by atoms with Gasteiger partial charge in [0.15, 0.2) is 0 Å². The van der Waals surface area contributed by atoms with E-state index in [9.17, 15) is 4.79 Å². The van der Waals surface area contributed by atoms with E-state index < -0.39 is 0 Å². The van der Waals surface area contributed by atoms with Crippen LogP contribution in [0.25, 0.3) is 12.2 Å². The average Bonchev–Trinajstić information content (AvgIpc) is 2.52. The molecule has 0 radical (unpaired) electrons. The zero-order valence-electron chi connectivity index (χ0n) is 11.1. The van der Waals surface area contributed by atoms with Gasteiger partial charge in [0.2, 0.25) is 0 Å². The average molecular weight is 260 g/mol. The van der Waals surface area contributed by atoms with Gasteiger partial charge in [-0.3, -0.25) is 4.79 Å². The van der Waals surface area contributed by atoms with Crippen LogP contribution >= 0.6 is 0 Å². The topological polar surface area (TPSA) is 17.1 Å². The maximum Gasteiger partial charge on any atom is 0.150 e. The van der Waals surface area contributed by atoms with Crippen molar-refractivity contribution in [1.82, 2.24) is 0 Å². The fourth-order valence-electron chi connectivity index (χ4n) is 1.71. The first-order valence-corrected chi connectivity index (χ1v) is 6.50. The smallest absolute Gasteiger partial charge is 0.150 e. The van der Waals surface area contributed by atoms with E-state index in [2.05, 4.69) is 18.2 Å². The summed E-state index contributed by atoms with van der Waals surface area (Å²) in [6.07, 6.45) is 12.9. The Labute approximate surface area is 119 Å². The highest BCUT2D eigenvalue weighted by atomic mass is 16.1. The van der Waals surface area contributed by atoms with E-state index >= 15 is 0 Å². The highest BCUT2D eigenvalue weighted by molar-refractivity contribution is 5.75. The molecule has 2 rings (SSSR count). The first kappa shape index (κ1) is 13.8. The van der Waals surface area contributed by atoms with Crippen molar-refractivity contribution in [3.63, 3.8) is 0 Å². The molecule has 0 amide bonds. The second-order valence-electron chi connectivity index (χ2n) is 4.30. The van der Waals surface area contributed by atoms with E-state index in [4.69, 9.17) is 0 Å². The number of allylic oxidation sites excluding steroid dienone is 4. The Kier molecular flexibility index (Phi) is 5.29. The molecule has 20 heavy (non-hydrogen) atoms. The lowest BCUT2D eigenvalue weighted by molar-refractivity contribution is 0.112. The maximum atomic E-state index is 10.5. The number of benzene rings is 2. The molecule has 0 saturated heterocycles. The molecule has 2 aromatic rings. The summed E-state index contributed by atoms with van der Waals surface area (Å²) < 4.78 is 0. The van der Waals surface area contributed by atoms with Crippen molar-refractivity contribution in [2.24, 2.45) is 0 Å². The second-order valence-corrected chi connectivity index (χ2v) is 4.30. The lowest BCUT2D eigenvalue weighted by atomic mass is 10.1.